The molecule has 0 spiro atoms. The van der Waals surface area contributed by atoms with Crippen molar-refractivity contribution >= 4 is 5.69 Å². The molecule has 0 fully saturated rings. The van der Waals surface area contributed by atoms with Crippen LogP contribution in [0.15, 0.2) is 59.9 Å². The van der Waals surface area contributed by atoms with Crippen molar-refractivity contribution in [2.45, 2.75) is 0 Å². The maximum absolute atomic E-state index is 9.24. The summed E-state index contributed by atoms with van der Waals surface area (Å²) in [6.07, 6.45) is 3.48. The Morgan fingerprint density at radius 3 is 2.50 bits per heavy atom. The fourth-order valence-electron chi connectivity index (χ4n) is 1.12. The van der Waals surface area contributed by atoms with Crippen LogP contribution in [0.4, 0.5) is 5.69 Å². The monoisotopic (exact) mass is 217 g/mol. The fourth-order valence-corrected chi connectivity index (χ4v) is 1.12. The molecule has 0 aliphatic heterocycles. The molecule has 4 nitrogen and oxygen atoms in total. The molecule has 0 saturated heterocycles. The molecule has 1 N–H and O–H groups in total. The van der Waals surface area contributed by atoms with Crippen molar-refractivity contribution in [3.05, 3.63) is 49.6 Å². The van der Waals surface area contributed by atoms with Crippen LogP contribution >= 0.6 is 0 Å². The summed E-state index contributed by atoms with van der Waals surface area (Å²) in [7, 11) is 0. The summed E-state index contributed by atoms with van der Waals surface area (Å²) in [5, 5.41) is 19.0. The fraction of sp³-hybridized carbons (Fsp3) is 0.167. The number of benzene rings is 1. The van der Waals surface area contributed by atoms with E-state index < -0.39 is 0 Å². The molecule has 0 aromatic heterocycles. The predicted octanol–water partition coefficient (Wildman–Crippen LogP) is 3.06. The molecule has 84 valence electrons. The Bertz CT molecular complexity index is 378. The number of hydrogen-bond acceptors (Lipinski definition) is 3. The van der Waals surface area contributed by atoms with Gasteiger partial charge in [0.2, 0.25) is 0 Å². The second-order valence-corrected chi connectivity index (χ2v) is 3.16. The third-order valence-corrected chi connectivity index (χ3v) is 1.80. The molecule has 0 aliphatic rings. The van der Waals surface area contributed by atoms with Gasteiger partial charge in [0.05, 0.1) is 18.8 Å². The highest BCUT2D eigenvalue weighted by molar-refractivity contribution is 5.41. The van der Waals surface area contributed by atoms with E-state index in [1.165, 1.54) is 0 Å². The van der Waals surface area contributed by atoms with Crippen molar-refractivity contribution in [1.29, 1.82) is 0 Å². The summed E-state index contributed by atoms with van der Waals surface area (Å²) in [6, 6.07) is 6.62. The minimum atomic E-state index is 0.176. The lowest BCUT2D eigenvalue weighted by Gasteiger charge is -2.12. The number of aromatic hydroxyl groups is 1. The normalized spacial score (nSPS) is 10.2. The number of hydrogen-bond donors (Lipinski definition) is 1. The Morgan fingerprint density at radius 2 is 1.94 bits per heavy atom. The second-order valence-electron chi connectivity index (χ2n) is 3.16. The zero-order valence-corrected chi connectivity index (χ0v) is 9.08. The molecule has 1 aromatic carbocycles. The topological polar surface area (TPSA) is 48.2 Å². The first kappa shape index (κ1) is 12.0. The molecule has 4 heteroatoms. The highest BCUT2D eigenvalue weighted by Crippen LogP contribution is 2.18. The van der Waals surface area contributed by atoms with Crippen LogP contribution < -0.4 is 0 Å². The van der Waals surface area contributed by atoms with Crippen LogP contribution in [0.1, 0.15) is 0 Å². The van der Waals surface area contributed by atoms with E-state index in [9.17, 15) is 5.11 Å². The predicted molar refractivity (Wildman–Crippen MR) is 64.6 cm³/mol. The summed E-state index contributed by atoms with van der Waals surface area (Å²) in [5.41, 5.74) is 0.609. The molecular formula is C12H15N3O. The smallest absolute Gasteiger partial charge is 0.117 e. The van der Waals surface area contributed by atoms with Gasteiger partial charge in [-0.05, 0) is 12.1 Å². The first-order valence-electron chi connectivity index (χ1n) is 4.93. The van der Waals surface area contributed by atoms with Crippen molar-refractivity contribution in [2.24, 2.45) is 10.3 Å². The molecule has 0 unspecified atom stereocenters. The average Bonchev–Trinajstić information content (AvgIpc) is 2.27. The van der Waals surface area contributed by atoms with Gasteiger partial charge >= 0.3 is 0 Å². The molecule has 0 radical (unpaired) electrons. The molecule has 0 aliphatic carbocycles. The Kier molecular flexibility index (Phi) is 4.79. The van der Waals surface area contributed by atoms with Gasteiger partial charge in [-0.25, -0.2) is 0 Å². The van der Waals surface area contributed by atoms with Crippen molar-refractivity contribution in [3.8, 4) is 5.75 Å². The van der Waals surface area contributed by atoms with E-state index in [1.54, 1.807) is 41.4 Å². The van der Waals surface area contributed by atoms with E-state index in [0.29, 0.717) is 18.8 Å². The SMILES string of the molecule is C=CCN(CC=C)N=Nc1cccc(O)c1. The van der Waals surface area contributed by atoms with Gasteiger partial charge in [0, 0.05) is 6.07 Å². The van der Waals surface area contributed by atoms with Gasteiger partial charge in [-0.1, -0.05) is 23.4 Å². The molecule has 0 amide bonds. The van der Waals surface area contributed by atoms with Gasteiger partial charge in [-0.2, -0.15) is 0 Å². The van der Waals surface area contributed by atoms with E-state index in [0.717, 1.165) is 0 Å². The summed E-state index contributed by atoms with van der Waals surface area (Å²) < 4.78 is 0. The number of phenols is 1. The van der Waals surface area contributed by atoms with E-state index in [1.807, 2.05) is 0 Å². The zero-order chi connectivity index (χ0) is 11.8. The van der Waals surface area contributed by atoms with Crippen LogP contribution in [0.2, 0.25) is 0 Å². The van der Waals surface area contributed by atoms with Crippen LogP contribution in [0.5, 0.6) is 5.75 Å². The van der Waals surface area contributed by atoms with Crippen LogP contribution in [-0.4, -0.2) is 23.2 Å². The van der Waals surface area contributed by atoms with E-state index >= 15 is 0 Å². The maximum Gasteiger partial charge on any atom is 0.117 e. The highest BCUT2D eigenvalue weighted by atomic mass is 16.3. The third-order valence-electron chi connectivity index (χ3n) is 1.80. The van der Waals surface area contributed by atoms with Gasteiger partial charge in [-0.15, -0.1) is 18.3 Å². The van der Waals surface area contributed by atoms with Crippen molar-refractivity contribution in [1.82, 2.24) is 5.01 Å². The Balaban J connectivity index is 2.69. The van der Waals surface area contributed by atoms with Crippen molar-refractivity contribution in [2.75, 3.05) is 13.1 Å². The number of rotatable bonds is 6. The van der Waals surface area contributed by atoms with Gasteiger partial charge in [-0.3, -0.25) is 5.01 Å². The summed E-state index contributed by atoms with van der Waals surface area (Å²) in [4.78, 5) is 0. The molecular weight excluding hydrogens is 202 g/mol. The second kappa shape index (κ2) is 6.40. The van der Waals surface area contributed by atoms with Gasteiger partial charge in [0.15, 0.2) is 0 Å². The highest BCUT2D eigenvalue weighted by Gasteiger charge is 1.96. The lowest BCUT2D eigenvalue weighted by Crippen LogP contribution is -2.16. The Hall–Kier alpha value is -2.10. The van der Waals surface area contributed by atoms with Crippen molar-refractivity contribution < 1.29 is 5.11 Å². The molecule has 0 bridgehead atoms. The van der Waals surface area contributed by atoms with Crippen molar-refractivity contribution in [3.63, 3.8) is 0 Å². The first-order valence-corrected chi connectivity index (χ1v) is 4.93. The number of nitrogens with zero attached hydrogens (tertiary/aromatic N) is 3. The minimum absolute atomic E-state index is 0.176. The van der Waals surface area contributed by atoms with E-state index in [4.69, 9.17) is 0 Å². The Morgan fingerprint density at radius 1 is 1.25 bits per heavy atom. The largest absolute Gasteiger partial charge is 0.508 e. The number of phenolic OH excluding ortho intramolecular Hbond substituents is 1. The average molecular weight is 217 g/mol. The molecule has 1 rings (SSSR count). The third kappa shape index (κ3) is 3.96. The maximum atomic E-state index is 9.24. The molecule has 0 atom stereocenters. The zero-order valence-electron chi connectivity index (χ0n) is 9.08. The van der Waals surface area contributed by atoms with Crippen LogP contribution in [0, 0.1) is 0 Å². The molecule has 0 saturated carbocycles. The van der Waals surface area contributed by atoms with Gasteiger partial charge in [0.1, 0.15) is 5.75 Å². The van der Waals surface area contributed by atoms with Crippen LogP contribution in [-0.2, 0) is 0 Å². The van der Waals surface area contributed by atoms with Crippen LogP contribution in [0.25, 0.3) is 0 Å². The Labute approximate surface area is 95.2 Å². The van der Waals surface area contributed by atoms with Crippen LogP contribution in [0.3, 0.4) is 0 Å². The van der Waals surface area contributed by atoms with Gasteiger partial charge in [0.25, 0.3) is 0 Å². The minimum Gasteiger partial charge on any atom is -0.508 e. The lowest BCUT2D eigenvalue weighted by molar-refractivity contribution is 0.333. The molecule has 0 heterocycles. The first-order chi connectivity index (χ1) is 7.76. The standard InChI is InChI=1S/C12H15N3O/c1-3-8-15(9-4-2)14-13-11-6-5-7-12(16)10-11/h3-7,10,16H,1-2,8-9H2. The molecule has 16 heavy (non-hydrogen) atoms. The summed E-state index contributed by atoms with van der Waals surface area (Å²) in [5.74, 6) is 0.176. The van der Waals surface area contributed by atoms with Gasteiger partial charge < -0.3 is 5.11 Å². The lowest BCUT2D eigenvalue weighted by atomic mass is 10.3. The van der Waals surface area contributed by atoms with E-state index in [2.05, 4.69) is 23.5 Å². The molecule has 1 aromatic rings. The quantitative estimate of drug-likeness (QED) is 0.452. The summed E-state index contributed by atoms with van der Waals surface area (Å²) >= 11 is 0. The van der Waals surface area contributed by atoms with E-state index in [-0.39, 0.29) is 5.75 Å². The summed E-state index contributed by atoms with van der Waals surface area (Å²) in [6.45, 7) is 8.48.